The van der Waals surface area contributed by atoms with E-state index in [2.05, 4.69) is 15.5 Å². The van der Waals surface area contributed by atoms with E-state index in [9.17, 15) is 8.78 Å². The molecule has 2 heterocycles. The fourth-order valence-corrected chi connectivity index (χ4v) is 1.97. The number of aromatic nitrogens is 2. The van der Waals surface area contributed by atoms with Crippen LogP contribution < -0.4 is 11.1 Å². The molecule has 0 aliphatic carbocycles. The molecule has 0 bridgehead atoms. The molecule has 19 heavy (non-hydrogen) atoms. The topological polar surface area (TPSA) is 77.0 Å². The van der Waals surface area contributed by atoms with Gasteiger partial charge < -0.3 is 15.6 Å². The number of nitrogen functional groups attached to an aromatic ring is 1. The predicted octanol–water partition coefficient (Wildman–Crippen LogP) is 2.72. The summed E-state index contributed by atoms with van der Waals surface area (Å²) in [4.78, 5) is 3.65. The molecule has 2 rings (SSSR count). The highest BCUT2D eigenvalue weighted by Crippen LogP contribution is 2.26. The Morgan fingerprint density at radius 1 is 1.32 bits per heavy atom. The molecule has 0 radical (unpaired) electrons. The van der Waals surface area contributed by atoms with Crippen LogP contribution in [0.4, 0.5) is 20.4 Å². The first-order valence-corrected chi connectivity index (χ1v) is 5.71. The largest absolute Gasteiger partial charge is 0.381 e. The molecule has 1 atom stereocenters. The van der Waals surface area contributed by atoms with Gasteiger partial charge in [-0.3, -0.25) is 0 Å². The third kappa shape index (κ3) is 2.49. The summed E-state index contributed by atoms with van der Waals surface area (Å²) in [6.07, 6.45) is 0. The van der Waals surface area contributed by atoms with E-state index in [1.54, 1.807) is 20.8 Å². The minimum Gasteiger partial charge on any atom is -0.381 e. The monoisotopic (exact) mass is 268 g/mol. The summed E-state index contributed by atoms with van der Waals surface area (Å²) in [6, 6.07) is 0.406. The molecule has 102 valence electrons. The zero-order valence-corrected chi connectivity index (χ0v) is 10.8. The van der Waals surface area contributed by atoms with Crippen LogP contribution in [0.5, 0.6) is 0 Å². The molecule has 5 nitrogen and oxygen atoms in total. The van der Waals surface area contributed by atoms with Gasteiger partial charge in [0, 0.05) is 11.6 Å². The van der Waals surface area contributed by atoms with Crippen LogP contribution in [-0.2, 0) is 0 Å². The van der Waals surface area contributed by atoms with Crippen LogP contribution in [-0.4, -0.2) is 10.1 Å². The van der Waals surface area contributed by atoms with Crippen LogP contribution in [0.25, 0.3) is 0 Å². The Labute approximate surface area is 108 Å². The van der Waals surface area contributed by atoms with E-state index < -0.39 is 11.6 Å². The van der Waals surface area contributed by atoms with E-state index >= 15 is 0 Å². The van der Waals surface area contributed by atoms with Crippen molar-refractivity contribution in [3.05, 3.63) is 34.7 Å². The SMILES string of the molecule is Cc1noc(C)c1C(C)Nc1nc(N)c(F)cc1F. The van der Waals surface area contributed by atoms with Gasteiger partial charge in [-0.15, -0.1) is 0 Å². The van der Waals surface area contributed by atoms with Crippen molar-refractivity contribution in [3.63, 3.8) is 0 Å². The zero-order valence-electron chi connectivity index (χ0n) is 10.8. The summed E-state index contributed by atoms with van der Waals surface area (Å²) in [5.41, 5.74) is 6.83. The second kappa shape index (κ2) is 4.83. The molecule has 0 saturated heterocycles. The van der Waals surface area contributed by atoms with Gasteiger partial charge in [-0.05, 0) is 20.8 Å². The average molecular weight is 268 g/mol. The van der Waals surface area contributed by atoms with Gasteiger partial charge in [-0.2, -0.15) is 0 Å². The Hall–Kier alpha value is -2.18. The molecule has 2 aromatic heterocycles. The number of hydrogen-bond acceptors (Lipinski definition) is 5. The minimum absolute atomic E-state index is 0.105. The molecule has 7 heteroatoms. The number of aryl methyl sites for hydroxylation is 2. The lowest BCUT2D eigenvalue weighted by molar-refractivity contribution is 0.392. The van der Waals surface area contributed by atoms with E-state index in [0.717, 1.165) is 5.56 Å². The maximum atomic E-state index is 13.6. The number of hydrogen-bond donors (Lipinski definition) is 2. The van der Waals surface area contributed by atoms with Crippen molar-refractivity contribution in [3.8, 4) is 0 Å². The van der Waals surface area contributed by atoms with Gasteiger partial charge in [0.2, 0.25) is 0 Å². The second-order valence-electron chi connectivity index (χ2n) is 4.29. The number of halogens is 2. The van der Waals surface area contributed by atoms with Gasteiger partial charge in [0.25, 0.3) is 0 Å². The van der Waals surface area contributed by atoms with Crippen molar-refractivity contribution in [2.24, 2.45) is 0 Å². The van der Waals surface area contributed by atoms with Crippen LogP contribution >= 0.6 is 0 Å². The molecule has 1 unspecified atom stereocenters. The van der Waals surface area contributed by atoms with Gasteiger partial charge in [0.05, 0.1) is 11.7 Å². The van der Waals surface area contributed by atoms with Crippen molar-refractivity contribution in [1.82, 2.24) is 10.1 Å². The van der Waals surface area contributed by atoms with Crippen molar-refractivity contribution in [2.75, 3.05) is 11.1 Å². The number of rotatable bonds is 3. The van der Waals surface area contributed by atoms with Crippen molar-refractivity contribution in [1.29, 1.82) is 0 Å². The van der Waals surface area contributed by atoms with Gasteiger partial charge in [-0.25, -0.2) is 13.8 Å². The van der Waals surface area contributed by atoms with Crippen LogP contribution in [0.2, 0.25) is 0 Å². The highest BCUT2D eigenvalue weighted by Gasteiger charge is 2.19. The molecule has 0 aliphatic rings. The molecule has 0 aromatic carbocycles. The first kappa shape index (κ1) is 13.3. The van der Waals surface area contributed by atoms with Crippen LogP contribution in [0.1, 0.15) is 30.0 Å². The lowest BCUT2D eigenvalue weighted by Crippen LogP contribution is -2.12. The fraction of sp³-hybridized carbons (Fsp3) is 0.333. The normalized spacial score (nSPS) is 12.5. The third-order valence-electron chi connectivity index (χ3n) is 2.83. The number of nitrogens with two attached hydrogens (primary N) is 1. The molecular weight excluding hydrogens is 254 g/mol. The molecule has 3 N–H and O–H groups in total. The molecule has 2 aromatic rings. The van der Waals surface area contributed by atoms with Crippen LogP contribution in [0.15, 0.2) is 10.6 Å². The zero-order chi connectivity index (χ0) is 14.2. The van der Waals surface area contributed by atoms with E-state index in [1.807, 2.05) is 0 Å². The van der Waals surface area contributed by atoms with Gasteiger partial charge in [-0.1, -0.05) is 5.16 Å². The quantitative estimate of drug-likeness (QED) is 0.895. The summed E-state index contributed by atoms with van der Waals surface area (Å²) in [5, 5.41) is 6.65. The Morgan fingerprint density at radius 3 is 2.58 bits per heavy atom. The third-order valence-corrected chi connectivity index (χ3v) is 2.83. The number of nitrogens with zero attached hydrogens (tertiary/aromatic N) is 2. The van der Waals surface area contributed by atoms with Crippen molar-refractivity contribution in [2.45, 2.75) is 26.8 Å². The molecule has 0 amide bonds. The lowest BCUT2D eigenvalue weighted by Gasteiger charge is -2.15. The van der Waals surface area contributed by atoms with E-state index in [4.69, 9.17) is 10.3 Å². The van der Waals surface area contributed by atoms with Crippen molar-refractivity contribution >= 4 is 11.6 Å². The number of nitrogens with one attached hydrogen (secondary N) is 1. The summed E-state index contributed by atoms with van der Waals surface area (Å²) in [5.74, 6) is -1.51. The minimum atomic E-state index is -0.881. The predicted molar refractivity (Wildman–Crippen MR) is 66.6 cm³/mol. The van der Waals surface area contributed by atoms with Gasteiger partial charge in [0.1, 0.15) is 5.76 Å². The Balaban J connectivity index is 2.29. The first-order chi connectivity index (χ1) is 8.90. The van der Waals surface area contributed by atoms with Crippen LogP contribution in [0, 0.1) is 25.5 Å². The number of pyridine rings is 1. The molecular formula is C12H14F2N4O. The fourth-order valence-electron chi connectivity index (χ4n) is 1.97. The van der Waals surface area contributed by atoms with Crippen LogP contribution in [0.3, 0.4) is 0 Å². The summed E-state index contributed by atoms with van der Waals surface area (Å²) in [7, 11) is 0. The van der Waals surface area contributed by atoms with E-state index in [-0.39, 0.29) is 17.7 Å². The van der Waals surface area contributed by atoms with Gasteiger partial charge in [0.15, 0.2) is 23.3 Å². The second-order valence-corrected chi connectivity index (χ2v) is 4.29. The van der Waals surface area contributed by atoms with Crippen molar-refractivity contribution < 1.29 is 13.3 Å². The summed E-state index contributed by atoms with van der Waals surface area (Å²) < 4.78 is 31.6. The maximum absolute atomic E-state index is 13.6. The molecule has 0 aliphatic heterocycles. The Kier molecular flexibility index (Phi) is 3.37. The average Bonchev–Trinajstić information content (AvgIpc) is 2.66. The smallest absolute Gasteiger partial charge is 0.168 e. The van der Waals surface area contributed by atoms with E-state index in [1.165, 1.54) is 0 Å². The Bertz CT molecular complexity index is 593. The Morgan fingerprint density at radius 2 is 2.00 bits per heavy atom. The highest BCUT2D eigenvalue weighted by atomic mass is 19.1. The lowest BCUT2D eigenvalue weighted by atomic mass is 10.1. The molecule has 0 saturated carbocycles. The molecule has 0 spiro atoms. The first-order valence-electron chi connectivity index (χ1n) is 5.71. The number of anilines is 2. The highest BCUT2D eigenvalue weighted by molar-refractivity contribution is 5.47. The molecule has 0 fully saturated rings. The standard InChI is InChI=1S/C12H14F2N4O/c1-5(10-6(2)18-19-7(10)3)16-12-9(14)4-8(13)11(15)17-12/h4-5H,1-3H3,(H3,15,16,17). The summed E-state index contributed by atoms with van der Waals surface area (Å²) >= 11 is 0. The summed E-state index contributed by atoms with van der Waals surface area (Å²) in [6.45, 7) is 5.34. The van der Waals surface area contributed by atoms with Gasteiger partial charge >= 0.3 is 0 Å². The maximum Gasteiger partial charge on any atom is 0.168 e. The van der Waals surface area contributed by atoms with E-state index in [0.29, 0.717) is 17.5 Å².